The first-order valence-electron chi connectivity index (χ1n) is 6.11. The molecule has 3 amide bonds. The number of nitrogens with one attached hydrogen (secondary N) is 2. The number of carbonyl (C=O) groups excluding carboxylic acids is 2. The largest absolute Gasteiger partial charge is 0.481 e. The van der Waals surface area contributed by atoms with Crippen molar-refractivity contribution in [2.45, 2.75) is 25.3 Å². The summed E-state index contributed by atoms with van der Waals surface area (Å²) in [6, 6.07) is -0.251. The average Bonchev–Trinajstić information content (AvgIpc) is 2.94. The molecular formula is C11H17N3O4. The van der Waals surface area contributed by atoms with Gasteiger partial charge in [-0.15, -0.1) is 0 Å². The number of carboxylic acid groups (broad SMARTS) is 1. The molecule has 2 heterocycles. The molecule has 0 saturated carbocycles. The molecule has 2 aliphatic rings. The fourth-order valence-electron chi connectivity index (χ4n) is 2.30. The van der Waals surface area contributed by atoms with E-state index in [-0.39, 0.29) is 24.5 Å². The van der Waals surface area contributed by atoms with Gasteiger partial charge in [0, 0.05) is 32.1 Å². The van der Waals surface area contributed by atoms with Crippen molar-refractivity contribution >= 4 is 17.9 Å². The van der Waals surface area contributed by atoms with Gasteiger partial charge in [-0.05, 0) is 12.8 Å². The lowest BCUT2D eigenvalue weighted by Crippen LogP contribution is -2.44. The molecule has 2 atom stereocenters. The Kier molecular flexibility index (Phi) is 3.69. The highest BCUT2D eigenvalue weighted by Crippen LogP contribution is 2.16. The van der Waals surface area contributed by atoms with Gasteiger partial charge >= 0.3 is 12.0 Å². The van der Waals surface area contributed by atoms with Gasteiger partial charge in [0.05, 0.1) is 5.92 Å². The minimum atomic E-state index is -0.853. The predicted octanol–water partition coefficient (Wildman–Crippen LogP) is -0.619. The Morgan fingerprint density at radius 3 is 2.78 bits per heavy atom. The number of rotatable bonds is 3. The first kappa shape index (κ1) is 12.7. The third-order valence-electron chi connectivity index (χ3n) is 3.41. The highest BCUT2D eigenvalue weighted by Gasteiger charge is 2.31. The Hall–Kier alpha value is -1.79. The molecule has 2 fully saturated rings. The summed E-state index contributed by atoms with van der Waals surface area (Å²) in [5.74, 6) is -1.29. The maximum atomic E-state index is 11.8. The molecule has 7 heteroatoms. The number of likely N-dealkylation sites (tertiary alicyclic amines) is 1. The Bertz CT molecular complexity index is 371. The second-order valence-electron chi connectivity index (χ2n) is 4.76. The van der Waals surface area contributed by atoms with Gasteiger partial charge in [0.15, 0.2) is 0 Å². The second-order valence-corrected chi connectivity index (χ2v) is 4.76. The molecule has 0 radical (unpaired) electrons. The first-order chi connectivity index (χ1) is 8.56. The zero-order valence-corrected chi connectivity index (χ0v) is 10.0. The maximum Gasteiger partial charge on any atom is 0.317 e. The van der Waals surface area contributed by atoms with Crippen molar-refractivity contribution < 1.29 is 19.5 Å². The van der Waals surface area contributed by atoms with E-state index in [2.05, 4.69) is 10.6 Å². The van der Waals surface area contributed by atoms with E-state index in [9.17, 15) is 14.4 Å². The van der Waals surface area contributed by atoms with Crippen LogP contribution in [0.4, 0.5) is 4.79 Å². The zero-order chi connectivity index (χ0) is 13.1. The molecule has 2 rings (SSSR count). The van der Waals surface area contributed by atoms with Gasteiger partial charge in [-0.1, -0.05) is 0 Å². The average molecular weight is 255 g/mol. The van der Waals surface area contributed by atoms with Crippen molar-refractivity contribution in [3.8, 4) is 0 Å². The molecule has 100 valence electrons. The third-order valence-corrected chi connectivity index (χ3v) is 3.41. The van der Waals surface area contributed by atoms with Crippen LogP contribution in [0.15, 0.2) is 0 Å². The lowest BCUT2D eigenvalue weighted by molar-refractivity contribution is -0.141. The van der Waals surface area contributed by atoms with Crippen LogP contribution in [0.5, 0.6) is 0 Å². The minimum absolute atomic E-state index is 0.000626. The molecule has 0 aromatic heterocycles. The molecule has 0 aliphatic carbocycles. The van der Waals surface area contributed by atoms with Crippen LogP contribution < -0.4 is 10.6 Å². The van der Waals surface area contributed by atoms with E-state index in [1.165, 1.54) is 4.90 Å². The first-order valence-corrected chi connectivity index (χ1v) is 6.11. The Morgan fingerprint density at radius 1 is 1.44 bits per heavy atom. The summed E-state index contributed by atoms with van der Waals surface area (Å²) in [6.45, 7) is 1.14. The number of hydrogen-bond donors (Lipinski definition) is 3. The number of carbonyl (C=O) groups is 3. The van der Waals surface area contributed by atoms with Crippen LogP contribution in [-0.4, -0.2) is 53.6 Å². The smallest absolute Gasteiger partial charge is 0.317 e. The maximum absolute atomic E-state index is 11.8. The van der Waals surface area contributed by atoms with Gasteiger partial charge in [0.25, 0.3) is 0 Å². The highest BCUT2D eigenvalue weighted by molar-refractivity contribution is 5.79. The molecule has 2 aliphatic heterocycles. The van der Waals surface area contributed by atoms with Crippen molar-refractivity contribution in [2.75, 3.05) is 19.6 Å². The summed E-state index contributed by atoms with van der Waals surface area (Å²) < 4.78 is 0. The van der Waals surface area contributed by atoms with Crippen LogP contribution in [0, 0.1) is 5.92 Å². The Balaban J connectivity index is 1.72. The number of hydrogen-bond acceptors (Lipinski definition) is 3. The summed E-state index contributed by atoms with van der Waals surface area (Å²) in [5.41, 5.74) is 0. The number of aliphatic carboxylic acids is 1. The van der Waals surface area contributed by atoms with Crippen LogP contribution in [0.25, 0.3) is 0 Å². The highest BCUT2D eigenvalue weighted by atomic mass is 16.4. The summed E-state index contributed by atoms with van der Waals surface area (Å²) in [4.78, 5) is 35.0. The molecule has 3 N–H and O–H groups in total. The summed E-state index contributed by atoms with van der Waals surface area (Å²) in [5, 5.41) is 14.3. The third kappa shape index (κ3) is 2.91. The monoisotopic (exact) mass is 255 g/mol. The van der Waals surface area contributed by atoms with Crippen molar-refractivity contribution in [1.82, 2.24) is 15.5 Å². The molecule has 18 heavy (non-hydrogen) atoms. The number of amides is 3. The fourth-order valence-corrected chi connectivity index (χ4v) is 2.30. The summed E-state index contributed by atoms with van der Waals surface area (Å²) in [6.07, 6.45) is 1.74. The van der Waals surface area contributed by atoms with E-state index in [0.717, 1.165) is 6.42 Å². The molecule has 0 spiro atoms. The second kappa shape index (κ2) is 5.24. The normalized spacial score (nSPS) is 27.1. The van der Waals surface area contributed by atoms with E-state index in [1.807, 2.05) is 0 Å². The van der Waals surface area contributed by atoms with Crippen LogP contribution >= 0.6 is 0 Å². The Morgan fingerprint density at radius 2 is 2.22 bits per heavy atom. The molecule has 0 aromatic carbocycles. The van der Waals surface area contributed by atoms with Gasteiger partial charge < -0.3 is 20.6 Å². The van der Waals surface area contributed by atoms with Gasteiger partial charge in [-0.3, -0.25) is 9.59 Å². The number of carboxylic acids is 1. The molecule has 0 aromatic rings. The van der Waals surface area contributed by atoms with E-state index < -0.39 is 11.9 Å². The van der Waals surface area contributed by atoms with Crippen LogP contribution in [0.3, 0.4) is 0 Å². The van der Waals surface area contributed by atoms with Crippen molar-refractivity contribution in [3.63, 3.8) is 0 Å². The molecule has 7 nitrogen and oxygen atoms in total. The topological polar surface area (TPSA) is 98.7 Å². The minimum Gasteiger partial charge on any atom is -0.481 e. The van der Waals surface area contributed by atoms with Crippen LogP contribution in [0.2, 0.25) is 0 Å². The quantitative estimate of drug-likeness (QED) is 0.626. The van der Waals surface area contributed by atoms with Crippen molar-refractivity contribution in [3.05, 3.63) is 0 Å². The molecule has 2 unspecified atom stereocenters. The lowest BCUT2D eigenvalue weighted by atomic mass is 10.1. The van der Waals surface area contributed by atoms with Gasteiger partial charge in [-0.2, -0.15) is 0 Å². The summed E-state index contributed by atoms with van der Waals surface area (Å²) >= 11 is 0. The van der Waals surface area contributed by atoms with E-state index >= 15 is 0 Å². The van der Waals surface area contributed by atoms with Crippen LogP contribution in [-0.2, 0) is 9.59 Å². The van der Waals surface area contributed by atoms with Gasteiger partial charge in [-0.25, -0.2) is 4.79 Å². The SMILES string of the molecule is O=C1CCC(CNC(=O)N2CCC(C(=O)O)C2)N1. The summed E-state index contributed by atoms with van der Waals surface area (Å²) in [7, 11) is 0. The molecule has 2 saturated heterocycles. The number of nitrogens with zero attached hydrogens (tertiary/aromatic N) is 1. The van der Waals surface area contributed by atoms with E-state index in [1.54, 1.807) is 0 Å². The van der Waals surface area contributed by atoms with Gasteiger partial charge in [0.1, 0.15) is 0 Å². The predicted molar refractivity (Wildman–Crippen MR) is 61.9 cm³/mol. The zero-order valence-electron chi connectivity index (χ0n) is 10.0. The fraction of sp³-hybridized carbons (Fsp3) is 0.727. The molecular weight excluding hydrogens is 238 g/mol. The number of urea groups is 1. The van der Waals surface area contributed by atoms with Gasteiger partial charge in [0.2, 0.25) is 5.91 Å². The van der Waals surface area contributed by atoms with Crippen molar-refractivity contribution in [1.29, 1.82) is 0 Å². The van der Waals surface area contributed by atoms with Crippen LogP contribution in [0.1, 0.15) is 19.3 Å². The van der Waals surface area contributed by atoms with E-state index in [0.29, 0.717) is 25.9 Å². The Labute approximate surface area is 105 Å². The van der Waals surface area contributed by atoms with Crippen molar-refractivity contribution in [2.24, 2.45) is 5.92 Å². The standard InChI is InChI=1S/C11H17N3O4/c15-9-2-1-8(13-9)5-12-11(18)14-4-3-7(6-14)10(16)17/h7-8H,1-6H2,(H,12,18)(H,13,15)(H,16,17). The molecule has 0 bridgehead atoms. The van der Waals surface area contributed by atoms with E-state index in [4.69, 9.17) is 5.11 Å². The lowest BCUT2D eigenvalue weighted by Gasteiger charge is -2.18.